The van der Waals surface area contributed by atoms with Crippen LogP contribution in [-0.2, 0) is 0 Å². The van der Waals surface area contributed by atoms with Gasteiger partial charge in [-0.15, -0.1) is 0 Å². The average molecular weight is 253 g/mol. The van der Waals surface area contributed by atoms with Crippen LogP contribution in [0.4, 0.5) is 13.2 Å². The Hall–Kier alpha value is -0.330. The third-order valence-corrected chi connectivity index (χ3v) is 3.31. The zero-order valence-electron chi connectivity index (χ0n) is 10.7. The quantitative estimate of drug-likeness (QED) is 0.822. The predicted molar refractivity (Wildman–Crippen MR) is 61.8 cm³/mol. The lowest BCUT2D eigenvalue weighted by atomic mass is 10.1. The Morgan fingerprint density at radius 2 is 1.35 bits per heavy atom. The summed E-state index contributed by atoms with van der Waals surface area (Å²) >= 11 is 0. The summed E-state index contributed by atoms with van der Waals surface area (Å²) in [5.41, 5.74) is 5.47. The van der Waals surface area contributed by atoms with E-state index in [9.17, 15) is 13.2 Å². The van der Waals surface area contributed by atoms with E-state index in [1.165, 1.54) is 11.8 Å². The van der Waals surface area contributed by atoms with E-state index in [2.05, 4.69) is 18.7 Å². The molecule has 0 aromatic rings. The molecule has 102 valence electrons. The van der Waals surface area contributed by atoms with Gasteiger partial charge in [0, 0.05) is 38.3 Å². The molecule has 1 heterocycles. The molecule has 0 aliphatic carbocycles. The van der Waals surface area contributed by atoms with Crippen LogP contribution in [0.2, 0.25) is 0 Å². The van der Waals surface area contributed by atoms with Gasteiger partial charge in [0.15, 0.2) is 0 Å². The molecule has 1 fully saturated rings. The van der Waals surface area contributed by atoms with E-state index in [0.717, 1.165) is 0 Å². The molecule has 0 amide bonds. The lowest BCUT2D eigenvalue weighted by molar-refractivity contribution is -0.192. The van der Waals surface area contributed by atoms with Crippen molar-refractivity contribution in [2.24, 2.45) is 5.73 Å². The molecule has 2 atom stereocenters. The van der Waals surface area contributed by atoms with Crippen LogP contribution in [0, 0.1) is 0 Å². The van der Waals surface area contributed by atoms with Crippen LogP contribution in [0.3, 0.4) is 0 Å². The summed E-state index contributed by atoms with van der Waals surface area (Å²) in [6.45, 7) is 7.76. The van der Waals surface area contributed by atoms with Gasteiger partial charge in [0.1, 0.15) is 6.04 Å². The second-order valence-corrected chi connectivity index (χ2v) is 5.01. The van der Waals surface area contributed by atoms with Gasteiger partial charge in [-0.25, -0.2) is 0 Å². The molecule has 0 saturated carbocycles. The Morgan fingerprint density at radius 3 is 1.65 bits per heavy atom. The van der Waals surface area contributed by atoms with Crippen LogP contribution in [0.25, 0.3) is 0 Å². The Balaban J connectivity index is 2.62. The standard InChI is InChI=1S/C11H22F3N3/c1-8(2)16-4-6-17(7-5-16)10(9(3)15)11(12,13)14/h8-10H,4-7,15H2,1-3H3. The van der Waals surface area contributed by atoms with Crippen molar-refractivity contribution in [2.45, 2.75) is 45.1 Å². The number of alkyl halides is 3. The average Bonchev–Trinajstić information content (AvgIpc) is 2.15. The monoisotopic (exact) mass is 253 g/mol. The smallest absolute Gasteiger partial charge is 0.326 e. The molecule has 1 saturated heterocycles. The molecule has 6 heteroatoms. The molecule has 0 bridgehead atoms. The highest BCUT2D eigenvalue weighted by atomic mass is 19.4. The highest BCUT2D eigenvalue weighted by molar-refractivity contribution is 4.89. The third kappa shape index (κ3) is 3.82. The maximum atomic E-state index is 12.9. The van der Waals surface area contributed by atoms with E-state index in [1.807, 2.05) is 0 Å². The molecular formula is C11H22F3N3. The first-order valence-corrected chi connectivity index (χ1v) is 6.04. The minimum Gasteiger partial charge on any atom is -0.326 e. The SMILES string of the molecule is CC(N)C(N1CCN(C(C)C)CC1)C(F)(F)F. The lowest BCUT2D eigenvalue weighted by Crippen LogP contribution is -2.60. The zero-order valence-corrected chi connectivity index (χ0v) is 10.7. The molecule has 2 unspecified atom stereocenters. The summed E-state index contributed by atoms with van der Waals surface area (Å²) in [5, 5.41) is 0. The summed E-state index contributed by atoms with van der Waals surface area (Å²) in [4.78, 5) is 3.65. The number of rotatable bonds is 3. The third-order valence-electron chi connectivity index (χ3n) is 3.31. The van der Waals surface area contributed by atoms with Crippen molar-refractivity contribution in [3.63, 3.8) is 0 Å². The van der Waals surface area contributed by atoms with Crippen molar-refractivity contribution in [1.29, 1.82) is 0 Å². The Labute approximate surface area is 101 Å². The minimum atomic E-state index is -4.24. The first-order chi connectivity index (χ1) is 7.73. The van der Waals surface area contributed by atoms with Crippen molar-refractivity contribution >= 4 is 0 Å². The first-order valence-electron chi connectivity index (χ1n) is 6.04. The van der Waals surface area contributed by atoms with E-state index in [4.69, 9.17) is 5.73 Å². The second kappa shape index (κ2) is 5.54. The lowest BCUT2D eigenvalue weighted by Gasteiger charge is -2.42. The van der Waals surface area contributed by atoms with Crippen LogP contribution in [0.1, 0.15) is 20.8 Å². The Morgan fingerprint density at radius 1 is 0.941 bits per heavy atom. The van der Waals surface area contributed by atoms with Gasteiger partial charge in [-0.05, 0) is 20.8 Å². The minimum absolute atomic E-state index is 0.386. The number of nitrogens with two attached hydrogens (primary N) is 1. The first kappa shape index (κ1) is 14.7. The summed E-state index contributed by atoms with van der Waals surface area (Å²) in [6.07, 6.45) is -4.24. The number of piperazine rings is 1. The van der Waals surface area contributed by atoms with Crippen LogP contribution in [0.5, 0.6) is 0 Å². The fraction of sp³-hybridized carbons (Fsp3) is 1.00. The van der Waals surface area contributed by atoms with Crippen LogP contribution in [0.15, 0.2) is 0 Å². The van der Waals surface area contributed by atoms with Gasteiger partial charge >= 0.3 is 6.18 Å². The molecule has 0 aromatic carbocycles. The summed E-state index contributed by atoms with van der Waals surface area (Å²) in [5.74, 6) is 0. The van der Waals surface area contributed by atoms with Crippen LogP contribution < -0.4 is 5.73 Å². The van der Waals surface area contributed by atoms with E-state index in [1.54, 1.807) is 0 Å². The van der Waals surface area contributed by atoms with Gasteiger partial charge in [0.05, 0.1) is 0 Å². The van der Waals surface area contributed by atoms with Gasteiger partial charge in [-0.3, -0.25) is 9.80 Å². The Bertz CT molecular complexity index is 233. The van der Waals surface area contributed by atoms with Crippen molar-refractivity contribution < 1.29 is 13.2 Å². The molecule has 1 aliphatic heterocycles. The molecular weight excluding hydrogens is 231 g/mol. The van der Waals surface area contributed by atoms with Crippen molar-refractivity contribution in [3.8, 4) is 0 Å². The molecule has 2 N–H and O–H groups in total. The molecule has 1 rings (SSSR count). The van der Waals surface area contributed by atoms with Crippen LogP contribution in [-0.4, -0.2) is 60.3 Å². The maximum Gasteiger partial charge on any atom is 0.405 e. The number of halogens is 3. The van der Waals surface area contributed by atoms with E-state index < -0.39 is 18.3 Å². The van der Waals surface area contributed by atoms with Gasteiger partial charge in [0.2, 0.25) is 0 Å². The molecule has 0 radical (unpaired) electrons. The highest BCUT2D eigenvalue weighted by Crippen LogP contribution is 2.27. The van der Waals surface area contributed by atoms with Crippen molar-refractivity contribution in [1.82, 2.24) is 9.80 Å². The van der Waals surface area contributed by atoms with E-state index >= 15 is 0 Å². The van der Waals surface area contributed by atoms with E-state index in [0.29, 0.717) is 32.2 Å². The zero-order chi connectivity index (χ0) is 13.2. The second-order valence-electron chi connectivity index (χ2n) is 5.01. The topological polar surface area (TPSA) is 32.5 Å². The molecule has 1 aliphatic rings. The van der Waals surface area contributed by atoms with Crippen LogP contribution >= 0.6 is 0 Å². The summed E-state index contributed by atoms with van der Waals surface area (Å²) in [6, 6.07) is -2.02. The predicted octanol–water partition coefficient (Wildman–Crippen LogP) is 1.29. The molecule has 0 spiro atoms. The van der Waals surface area contributed by atoms with E-state index in [-0.39, 0.29) is 0 Å². The highest BCUT2D eigenvalue weighted by Gasteiger charge is 2.46. The van der Waals surface area contributed by atoms with Gasteiger partial charge < -0.3 is 5.73 Å². The number of hydrogen-bond acceptors (Lipinski definition) is 3. The largest absolute Gasteiger partial charge is 0.405 e. The van der Waals surface area contributed by atoms with Gasteiger partial charge in [-0.1, -0.05) is 0 Å². The summed E-state index contributed by atoms with van der Waals surface area (Å²) in [7, 11) is 0. The maximum absolute atomic E-state index is 12.9. The molecule has 0 aromatic heterocycles. The van der Waals surface area contributed by atoms with Crippen molar-refractivity contribution in [2.75, 3.05) is 26.2 Å². The van der Waals surface area contributed by atoms with Crippen molar-refractivity contribution in [3.05, 3.63) is 0 Å². The number of hydrogen-bond donors (Lipinski definition) is 1. The molecule has 17 heavy (non-hydrogen) atoms. The number of nitrogens with zero attached hydrogens (tertiary/aromatic N) is 2. The summed E-state index contributed by atoms with van der Waals surface area (Å²) < 4.78 is 38.6. The van der Waals surface area contributed by atoms with Gasteiger partial charge in [0.25, 0.3) is 0 Å². The fourth-order valence-electron chi connectivity index (χ4n) is 2.37. The van der Waals surface area contributed by atoms with Gasteiger partial charge in [-0.2, -0.15) is 13.2 Å². The molecule has 3 nitrogen and oxygen atoms in total. The fourth-order valence-corrected chi connectivity index (χ4v) is 2.37. The Kier molecular flexibility index (Phi) is 4.80. The normalized spacial score (nSPS) is 24.0.